The summed E-state index contributed by atoms with van der Waals surface area (Å²) in [6.45, 7) is 5.03. The van der Waals surface area contributed by atoms with Gasteiger partial charge in [-0.25, -0.2) is 9.59 Å². The predicted molar refractivity (Wildman–Crippen MR) is 70.0 cm³/mol. The molecule has 110 valence electrons. The predicted octanol–water partition coefficient (Wildman–Crippen LogP) is 1.09. The molecule has 0 aliphatic rings. The van der Waals surface area contributed by atoms with E-state index in [1.165, 1.54) is 12.3 Å². The number of aliphatic hydroxyl groups is 1. The average molecular weight is 282 g/mol. The van der Waals surface area contributed by atoms with Crippen molar-refractivity contribution in [3.8, 4) is 0 Å². The quantitative estimate of drug-likeness (QED) is 0.762. The minimum absolute atomic E-state index is 0.230. The van der Waals surface area contributed by atoms with E-state index < -0.39 is 29.8 Å². The third-order valence-corrected chi connectivity index (χ3v) is 2.25. The molecule has 2 atom stereocenters. The lowest BCUT2D eigenvalue weighted by atomic mass is 10.1. The van der Waals surface area contributed by atoms with Crippen molar-refractivity contribution < 1.29 is 24.5 Å². The van der Waals surface area contributed by atoms with E-state index in [9.17, 15) is 14.7 Å². The molecule has 0 aliphatic heterocycles. The van der Waals surface area contributed by atoms with Gasteiger partial charge in [0.1, 0.15) is 11.6 Å². The number of aromatic nitrogens is 1. The van der Waals surface area contributed by atoms with Crippen molar-refractivity contribution in [1.29, 1.82) is 0 Å². The minimum Gasteiger partial charge on any atom is -0.479 e. The average Bonchev–Trinajstić information content (AvgIpc) is 2.34. The first-order valence-electron chi connectivity index (χ1n) is 6.02. The van der Waals surface area contributed by atoms with E-state index in [4.69, 9.17) is 9.84 Å². The molecule has 1 aromatic heterocycles. The van der Waals surface area contributed by atoms with Crippen LogP contribution in [0, 0.1) is 0 Å². The molecule has 7 nitrogen and oxygen atoms in total. The van der Waals surface area contributed by atoms with Crippen LogP contribution in [0.3, 0.4) is 0 Å². The Morgan fingerprint density at radius 1 is 1.35 bits per heavy atom. The van der Waals surface area contributed by atoms with Gasteiger partial charge < -0.3 is 20.3 Å². The lowest BCUT2D eigenvalue weighted by molar-refractivity contribution is -0.148. The highest BCUT2D eigenvalue weighted by Crippen LogP contribution is 2.16. The zero-order chi connectivity index (χ0) is 15.3. The topological polar surface area (TPSA) is 109 Å². The van der Waals surface area contributed by atoms with E-state index in [0.717, 1.165) is 0 Å². The van der Waals surface area contributed by atoms with Crippen LogP contribution in [-0.4, -0.2) is 39.0 Å². The largest absolute Gasteiger partial charge is 0.479 e. The number of alkyl carbamates (subject to hydrolysis) is 1. The Bertz CT molecular complexity index is 469. The minimum atomic E-state index is -1.82. The van der Waals surface area contributed by atoms with Crippen molar-refractivity contribution in [2.45, 2.75) is 38.5 Å². The number of carbonyl (C=O) groups is 2. The number of aliphatic carboxylic acids is 1. The monoisotopic (exact) mass is 282 g/mol. The van der Waals surface area contributed by atoms with Crippen LogP contribution in [0.15, 0.2) is 24.4 Å². The first kappa shape index (κ1) is 15.9. The Morgan fingerprint density at radius 2 is 2.00 bits per heavy atom. The normalized spacial score (nSPS) is 14.2. The number of hydrogen-bond acceptors (Lipinski definition) is 5. The maximum absolute atomic E-state index is 11.7. The Hall–Kier alpha value is -2.15. The van der Waals surface area contributed by atoms with Crippen molar-refractivity contribution in [1.82, 2.24) is 10.3 Å². The van der Waals surface area contributed by atoms with Crippen LogP contribution in [0.5, 0.6) is 0 Å². The van der Waals surface area contributed by atoms with Gasteiger partial charge in [0.05, 0.1) is 5.69 Å². The van der Waals surface area contributed by atoms with Crippen LogP contribution in [0.25, 0.3) is 0 Å². The molecular formula is C13H18N2O5. The molecule has 1 heterocycles. The molecule has 0 unspecified atom stereocenters. The van der Waals surface area contributed by atoms with E-state index in [0.29, 0.717) is 0 Å². The second-order valence-electron chi connectivity index (χ2n) is 5.16. The summed E-state index contributed by atoms with van der Waals surface area (Å²) in [5.41, 5.74) is -0.499. The third-order valence-electron chi connectivity index (χ3n) is 2.25. The standard InChI is InChI=1S/C13H18N2O5/c1-13(2,3)20-12(19)15-9(10(16)11(17)18)8-6-4-5-7-14-8/h4-7,9-10,16H,1-3H3,(H,15,19)(H,17,18)/t9-,10+/m0/s1. The van der Waals surface area contributed by atoms with Crippen LogP contribution in [0.4, 0.5) is 4.79 Å². The number of amides is 1. The van der Waals surface area contributed by atoms with E-state index in [-0.39, 0.29) is 5.69 Å². The fraction of sp³-hybridized carbons (Fsp3) is 0.462. The molecule has 0 saturated heterocycles. The Labute approximate surface area is 116 Å². The molecule has 3 N–H and O–H groups in total. The summed E-state index contributed by atoms with van der Waals surface area (Å²) in [6.07, 6.45) is -1.21. The first-order valence-corrected chi connectivity index (χ1v) is 6.02. The van der Waals surface area contributed by atoms with Gasteiger partial charge in [-0.1, -0.05) is 6.07 Å². The van der Waals surface area contributed by atoms with Crippen LogP contribution < -0.4 is 5.32 Å². The SMILES string of the molecule is CC(C)(C)OC(=O)N[C@@H](c1ccccn1)[C@@H](O)C(=O)O. The van der Waals surface area contributed by atoms with Gasteiger partial charge in [0.15, 0.2) is 6.10 Å². The van der Waals surface area contributed by atoms with Crippen LogP contribution in [0.1, 0.15) is 32.5 Å². The van der Waals surface area contributed by atoms with Gasteiger partial charge >= 0.3 is 12.1 Å². The molecule has 20 heavy (non-hydrogen) atoms. The number of carboxylic acids is 1. The van der Waals surface area contributed by atoms with Gasteiger partial charge in [0.2, 0.25) is 0 Å². The lowest BCUT2D eigenvalue weighted by Crippen LogP contribution is -2.42. The van der Waals surface area contributed by atoms with Gasteiger partial charge in [-0.3, -0.25) is 4.98 Å². The highest BCUT2D eigenvalue weighted by atomic mass is 16.6. The lowest BCUT2D eigenvalue weighted by Gasteiger charge is -2.24. The Morgan fingerprint density at radius 3 is 2.45 bits per heavy atom. The molecule has 0 fully saturated rings. The smallest absolute Gasteiger partial charge is 0.408 e. The van der Waals surface area contributed by atoms with Crippen molar-refractivity contribution >= 4 is 12.1 Å². The summed E-state index contributed by atoms with van der Waals surface area (Å²) < 4.78 is 5.04. The number of pyridine rings is 1. The van der Waals surface area contributed by atoms with Gasteiger partial charge in [0.25, 0.3) is 0 Å². The number of rotatable bonds is 4. The number of carbonyl (C=O) groups excluding carboxylic acids is 1. The second kappa shape index (κ2) is 6.33. The van der Waals surface area contributed by atoms with Crippen molar-refractivity contribution in [2.24, 2.45) is 0 Å². The Balaban J connectivity index is 2.90. The molecule has 0 bridgehead atoms. The Kier molecular flexibility index (Phi) is 5.04. The third kappa shape index (κ3) is 4.85. The van der Waals surface area contributed by atoms with Crippen molar-refractivity contribution in [2.75, 3.05) is 0 Å². The highest BCUT2D eigenvalue weighted by Gasteiger charge is 2.31. The fourth-order valence-electron chi connectivity index (χ4n) is 1.45. The van der Waals surface area contributed by atoms with Crippen LogP contribution in [-0.2, 0) is 9.53 Å². The maximum Gasteiger partial charge on any atom is 0.408 e. The molecule has 1 rings (SSSR count). The van der Waals surface area contributed by atoms with Crippen LogP contribution in [0.2, 0.25) is 0 Å². The summed E-state index contributed by atoms with van der Waals surface area (Å²) >= 11 is 0. The van der Waals surface area contributed by atoms with E-state index in [2.05, 4.69) is 10.3 Å². The van der Waals surface area contributed by atoms with E-state index in [1.54, 1.807) is 32.9 Å². The molecule has 0 radical (unpaired) electrons. The molecule has 7 heteroatoms. The summed E-state index contributed by atoms with van der Waals surface area (Å²) in [4.78, 5) is 26.6. The summed E-state index contributed by atoms with van der Waals surface area (Å²) in [7, 11) is 0. The number of aliphatic hydroxyl groups excluding tert-OH is 1. The highest BCUT2D eigenvalue weighted by molar-refractivity contribution is 5.75. The summed E-state index contributed by atoms with van der Waals surface area (Å²) in [5, 5.41) is 20.9. The molecular weight excluding hydrogens is 264 g/mol. The molecule has 0 saturated carbocycles. The summed E-state index contributed by atoms with van der Waals surface area (Å²) in [5.74, 6) is -1.46. The fourth-order valence-corrected chi connectivity index (χ4v) is 1.45. The van der Waals surface area contributed by atoms with E-state index >= 15 is 0 Å². The number of nitrogens with zero attached hydrogens (tertiary/aromatic N) is 1. The maximum atomic E-state index is 11.7. The van der Waals surface area contributed by atoms with E-state index in [1.807, 2.05) is 0 Å². The van der Waals surface area contributed by atoms with Gasteiger partial charge in [0, 0.05) is 6.20 Å². The molecule has 0 aliphatic carbocycles. The van der Waals surface area contributed by atoms with Gasteiger partial charge in [-0.2, -0.15) is 0 Å². The molecule has 1 aromatic rings. The first-order chi connectivity index (χ1) is 9.20. The van der Waals surface area contributed by atoms with Crippen molar-refractivity contribution in [3.63, 3.8) is 0 Å². The zero-order valence-corrected chi connectivity index (χ0v) is 11.5. The summed E-state index contributed by atoms with van der Waals surface area (Å²) in [6, 6.07) is 3.58. The van der Waals surface area contributed by atoms with Crippen LogP contribution >= 0.6 is 0 Å². The zero-order valence-electron chi connectivity index (χ0n) is 11.5. The molecule has 0 aromatic carbocycles. The van der Waals surface area contributed by atoms with Gasteiger partial charge in [-0.15, -0.1) is 0 Å². The number of nitrogens with one attached hydrogen (secondary N) is 1. The number of carboxylic acid groups (broad SMARTS) is 1. The van der Waals surface area contributed by atoms with Crippen molar-refractivity contribution in [3.05, 3.63) is 30.1 Å². The van der Waals surface area contributed by atoms with Gasteiger partial charge in [-0.05, 0) is 32.9 Å². The molecule has 0 spiro atoms. The second-order valence-corrected chi connectivity index (χ2v) is 5.16. The number of ether oxygens (including phenoxy) is 1. The molecule has 1 amide bonds. The number of hydrogen-bond donors (Lipinski definition) is 3.